The molecule has 2 amide bonds. The first-order valence-corrected chi connectivity index (χ1v) is 7.63. The Labute approximate surface area is 141 Å². The van der Waals surface area contributed by atoms with Gasteiger partial charge in [0, 0.05) is 11.5 Å². The highest BCUT2D eigenvalue weighted by molar-refractivity contribution is 6.04. The predicted octanol–water partition coefficient (Wildman–Crippen LogP) is 3.25. The maximum Gasteiger partial charge on any atom is 0.256 e. The number of nitrogens with one attached hydrogen (secondary N) is 2. The predicted molar refractivity (Wildman–Crippen MR) is 93.4 cm³/mol. The Bertz CT molecular complexity index is 740. The van der Waals surface area contributed by atoms with Crippen molar-refractivity contribution in [3.63, 3.8) is 0 Å². The molecule has 0 aliphatic carbocycles. The van der Waals surface area contributed by atoms with Crippen molar-refractivity contribution in [2.24, 2.45) is 5.92 Å². The van der Waals surface area contributed by atoms with Crippen LogP contribution in [-0.4, -0.2) is 23.9 Å². The van der Waals surface area contributed by atoms with Crippen LogP contribution in [0.15, 0.2) is 36.5 Å². The van der Waals surface area contributed by atoms with Gasteiger partial charge in [0.1, 0.15) is 11.6 Å². The zero-order chi connectivity index (χ0) is 17.7. The second-order valence-electron chi connectivity index (χ2n) is 5.71. The van der Waals surface area contributed by atoms with Gasteiger partial charge in [0.2, 0.25) is 5.91 Å². The summed E-state index contributed by atoms with van der Waals surface area (Å²) in [7, 11) is 1.57. The average Bonchev–Trinajstić information content (AvgIpc) is 2.57. The normalized spacial score (nSPS) is 10.4. The molecule has 0 unspecified atom stereocenters. The van der Waals surface area contributed by atoms with Gasteiger partial charge < -0.3 is 15.4 Å². The number of benzene rings is 1. The summed E-state index contributed by atoms with van der Waals surface area (Å²) in [5.41, 5.74) is 1.97. The maximum atomic E-state index is 12.2. The lowest BCUT2D eigenvalue weighted by Gasteiger charge is -2.12. The van der Waals surface area contributed by atoms with Crippen molar-refractivity contribution >= 4 is 23.3 Å². The summed E-state index contributed by atoms with van der Waals surface area (Å²) >= 11 is 0. The molecule has 1 heterocycles. The fourth-order valence-electron chi connectivity index (χ4n) is 1.96. The van der Waals surface area contributed by atoms with Crippen LogP contribution in [0.25, 0.3) is 0 Å². The van der Waals surface area contributed by atoms with Crippen LogP contribution < -0.4 is 15.4 Å². The smallest absolute Gasteiger partial charge is 0.256 e. The number of ether oxygens (including phenoxy) is 1. The number of methoxy groups -OCH3 is 1. The largest absolute Gasteiger partial charge is 0.497 e. The number of hydrogen-bond donors (Lipinski definition) is 2. The quantitative estimate of drug-likeness (QED) is 0.883. The van der Waals surface area contributed by atoms with Crippen LogP contribution in [0.2, 0.25) is 0 Å². The molecule has 0 radical (unpaired) electrons. The van der Waals surface area contributed by atoms with E-state index in [2.05, 4.69) is 15.6 Å². The highest BCUT2D eigenvalue weighted by Gasteiger charge is 2.11. The fourth-order valence-corrected chi connectivity index (χ4v) is 1.96. The summed E-state index contributed by atoms with van der Waals surface area (Å²) in [6.07, 6.45) is 1.54. The molecule has 1 aromatic heterocycles. The van der Waals surface area contributed by atoms with Crippen molar-refractivity contribution < 1.29 is 14.3 Å². The molecule has 126 valence electrons. The van der Waals surface area contributed by atoms with Crippen LogP contribution in [0.4, 0.5) is 11.5 Å². The molecule has 2 aromatic rings. The minimum Gasteiger partial charge on any atom is -0.497 e. The van der Waals surface area contributed by atoms with Crippen molar-refractivity contribution in [1.29, 1.82) is 0 Å². The van der Waals surface area contributed by atoms with E-state index in [-0.39, 0.29) is 17.7 Å². The Morgan fingerprint density at radius 2 is 1.79 bits per heavy atom. The molecule has 0 atom stereocenters. The van der Waals surface area contributed by atoms with Gasteiger partial charge in [-0.05, 0) is 42.8 Å². The lowest BCUT2D eigenvalue weighted by molar-refractivity contribution is -0.118. The van der Waals surface area contributed by atoms with Gasteiger partial charge in [-0.2, -0.15) is 0 Å². The van der Waals surface area contributed by atoms with Gasteiger partial charge in [-0.1, -0.05) is 13.8 Å². The van der Waals surface area contributed by atoms with Crippen molar-refractivity contribution in [3.8, 4) is 5.75 Å². The number of hydrogen-bond acceptors (Lipinski definition) is 4. The molecule has 2 rings (SSSR count). The van der Waals surface area contributed by atoms with Crippen LogP contribution in [0, 0.1) is 12.8 Å². The summed E-state index contributed by atoms with van der Waals surface area (Å²) in [6.45, 7) is 5.49. The molecule has 0 saturated heterocycles. The number of pyridine rings is 1. The van der Waals surface area contributed by atoms with E-state index in [1.165, 1.54) is 0 Å². The SMILES string of the molecule is COc1ccc(C(=O)Nc2cc(C)c(NC(=O)C(C)C)cn2)cc1. The molecule has 6 nitrogen and oxygen atoms in total. The van der Waals surface area contributed by atoms with Crippen LogP contribution in [0.3, 0.4) is 0 Å². The second kappa shape index (κ2) is 7.59. The Morgan fingerprint density at radius 3 is 2.33 bits per heavy atom. The van der Waals surface area contributed by atoms with E-state index in [0.29, 0.717) is 22.8 Å². The molecular weight excluding hydrogens is 306 g/mol. The number of aromatic nitrogens is 1. The van der Waals surface area contributed by atoms with Crippen molar-refractivity contribution in [2.75, 3.05) is 17.7 Å². The first-order chi connectivity index (χ1) is 11.4. The molecule has 24 heavy (non-hydrogen) atoms. The lowest BCUT2D eigenvalue weighted by Crippen LogP contribution is -2.19. The van der Waals surface area contributed by atoms with Crippen LogP contribution >= 0.6 is 0 Å². The Morgan fingerprint density at radius 1 is 1.12 bits per heavy atom. The maximum absolute atomic E-state index is 12.2. The van der Waals surface area contributed by atoms with Crippen molar-refractivity contribution in [3.05, 3.63) is 47.7 Å². The molecule has 2 N–H and O–H groups in total. The molecule has 0 spiro atoms. The highest BCUT2D eigenvalue weighted by atomic mass is 16.5. The number of anilines is 2. The minimum absolute atomic E-state index is 0.0741. The summed E-state index contributed by atoms with van der Waals surface area (Å²) in [5.74, 6) is 0.666. The van der Waals surface area contributed by atoms with Gasteiger partial charge in [0.15, 0.2) is 0 Å². The lowest BCUT2D eigenvalue weighted by atomic mass is 10.2. The van der Waals surface area contributed by atoms with Gasteiger partial charge in [-0.15, -0.1) is 0 Å². The Hall–Kier alpha value is -2.89. The van der Waals surface area contributed by atoms with Crippen LogP contribution in [0.1, 0.15) is 29.8 Å². The zero-order valence-electron chi connectivity index (χ0n) is 14.2. The van der Waals surface area contributed by atoms with Gasteiger partial charge in [0.05, 0.1) is 19.0 Å². The highest BCUT2D eigenvalue weighted by Crippen LogP contribution is 2.19. The molecule has 0 fully saturated rings. The third-order valence-electron chi connectivity index (χ3n) is 3.49. The van der Waals surface area contributed by atoms with E-state index in [4.69, 9.17) is 4.74 Å². The van der Waals surface area contributed by atoms with Gasteiger partial charge >= 0.3 is 0 Å². The topological polar surface area (TPSA) is 80.3 Å². The molecule has 0 aliphatic rings. The van der Waals surface area contributed by atoms with E-state index in [9.17, 15) is 9.59 Å². The molecule has 0 bridgehead atoms. The fraction of sp³-hybridized carbons (Fsp3) is 0.278. The first-order valence-electron chi connectivity index (χ1n) is 7.63. The van der Waals surface area contributed by atoms with E-state index in [1.54, 1.807) is 43.6 Å². The Balaban J connectivity index is 2.08. The van der Waals surface area contributed by atoms with Crippen LogP contribution in [0.5, 0.6) is 5.75 Å². The third kappa shape index (κ3) is 4.32. The number of aryl methyl sites for hydroxylation is 1. The summed E-state index contributed by atoms with van der Waals surface area (Å²) in [5, 5.41) is 5.54. The molecule has 6 heteroatoms. The van der Waals surface area contributed by atoms with Crippen LogP contribution in [-0.2, 0) is 4.79 Å². The number of rotatable bonds is 5. The van der Waals surface area contributed by atoms with E-state index in [0.717, 1.165) is 5.56 Å². The summed E-state index contributed by atoms with van der Waals surface area (Å²) in [6, 6.07) is 8.52. The molecular formula is C18H21N3O3. The van der Waals surface area contributed by atoms with Gasteiger partial charge in [-0.25, -0.2) is 4.98 Å². The number of carbonyl (C=O) groups is 2. The zero-order valence-corrected chi connectivity index (χ0v) is 14.2. The van der Waals surface area contributed by atoms with E-state index in [1.807, 2.05) is 20.8 Å². The molecule has 0 saturated carbocycles. The number of carbonyl (C=O) groups excluding carboxylic acids is 2. The van der Waals surface area contributed by atoms with Crippen molar-refractivity contribution in [2.45, 2.75) is 20.8 Å². The van der Waals surface area contributed by atoms with Gasteiger partial charge in [-0.3, -0.25) is 9.59 Å². The standard InChI is InChI=1S/C18H21N3O3/c1-11(2)17(22)20-15-10-19-16(9-12(15)3)21-18(23)13-5-7-14(24-4)8-6-13/h5-11H,1-4H3,(H,20,22)(H,19,21,23). The monoisotopic (exact) mass is 327 g/mol. The van der Waals surface area contributed by atoms with E-state index < -0.39 is 0 Å². The summed E-state index contributed by atoms with van der Waals surface area (Å²) in [4.78, 5) is 28.1. The summed E-state index contributed by atoms with van der Waals surface area (Å²) < 4.78 is 5.07. The number of amides is 2. The Kier molecular flexibility index (Phi) is 5.52. The van der Waals surface area contributed by atoms with E-state index >= 15 is 0 Å². The molecule has 0 aliphatic heterocycles. The number of nitrogens with zero attached hydrogens (tertiary/aromatic N) is 1. The van der Waals surface area contributed by atoms with Gasteiger partial charge in [0.25, 0.3) is 5.91 Å². The second-order valence-corrected chi connectivity index (χ2v) is 5.71. The average molecular weight is 327 g/mol. The minimum atomic E-state index is -0.261. The molecule has 1 aromatic carbocycles. The first kappa shape index (κ1) is 17.5. The third-order valence-corrected chi connectivity index (χ3v) is 3.49. The van der Waals surface area contributed by atoms with Crippen molar-refractivity contribution in [1.82, 2.24) is 4.98 Å².